The molecule has 3 fully saturated rings. The summed E-state index contributed by atoms with van der Waals surface area (Å²) in [5, 5.41) is 6.39. The third-order valence-electron chi connectivity index (χ3n) is 14.2. The van der Waals surface area contributed by atoms with E-state index in [1.807, 2.05) is 16.0 Å². The molecule has 0 bridgehead atoms. The Balaban J connectivity index is 0.000000178. The number of thiophene rings is 2. The van der Waals surface area contributed by atoms with Gasteiger partial charge in [-0.05, 0) is 114 Å². The van der Waals surface area contributed by atoms with Crippen LogP contribution in [0.5, 0.6) is 0 Å². The number of piperidine rings is 1. The number of aliphatic imine (C=N–C) groups is 1. The summed E-state index contributed by atoms with van der Waals surface area (Å²) in [6.45, 7) is 10.9. The monoisotopic (exact) mass is 924 g/mol. The number of benzene rings is 1. The first kappa shape index (κ1) is 43.6. The molecule has 1 N–H and O–H groups in total. The highest BCUT2D eigenvalue weighted by Crippen LogP contribution is 2.43. The van der Waals surface area contributed by atoms with E-state index in [1.165, 1.54) is 44.0 Å². The first-order valence-electron chi connectivity index (χ1n) is 22.9. The second kappa shape index (κ2) is 18.5. The molecule has 0 unspecified atom stereocenters. The van der Waals surface area contributed by atoms with Gasteiger partial charge in [0.05, 0.1) is 67.2 Å². The zero-order valence-electron chi connectivity index (χ0n) is 37.1. The lowest BCUT2D eigenvalue weighted by molar-refractivity contribution is -0.144. The minimum atomic E-state index is 0.0215. The fourth-order valence-electron chi connectivity index (χ4n) is 10.5. The van der Waals surface area contributed by atoms with Crippen LogP contribution in [0.15, 0.2) is 29.8 Å². The molecule has 4 aromatic heterocycles. The molecular formula is C47H57ClN10O4S2. The molecule has 2 aliphatic carbocycles. The molecule has 1 aromatic carbocycles. The number of anilines is 3. The summed E-state index contributed by atoms with van der Waals surface area (Å²) < 4.78 is 11.0. The number of amides is 2. The van der Waals surface area contributed by atoms with Crippen LogP contribution in [0.25, 0.3) is 20.4 Å². The van der Waals surface area contributed by atoms with E-state index in [2.05, 4.69) is 75.1 Å². The average Bonchev–Trinajstić information content (AvgIpc) is 4.04. The van der Waals surface area contributed by atoms with Crippen LogP contribution in [0.1, 0.15) is 71.5 Å². The zero-order chi connectivity index (χ0) is 44.1. The number of aryl methyl sites for hydroxylation is 2. The van der Waals surface area contributed by atoms with Crippen LogP contribution in [-0.2, 0) is 51.3 Å². The maximum absolute atomic E-state index is 13.5. The van der Waals surface area contributed by atoms with Gasteiger partial charge in [-0.1, -0.05) is 11.6 Å². The number of rotatable bonds is 6. The predicted octanol–water partition coefficient (Wildman–Crippen LogP) is 6.95. The van der Waals surface area contributed by atoms with Crippen molar-refractivity contribution in [1.82, 2.24) is 34.6 Å². The molecule has 4 aliphatic heterocycles. The number of ether oxygens (including phenoxy) is 2. The Bertz CT molecular complexity index is 2590. The topological polar surface area (TPSA) is 142 Å². The summed E-state index contributed by atoms with van der Waals surface area (Å²) >= 11 is 9.62. The molecule has 8 heterocycles. The highest BCUT2D eigenvalue weighted by Gasteiger charge is 2.36. The molecule has 17 heteroatoms. The second-order valence-corrected chi connectivity index (χ2v) is 20.9. The molecule has 4 atom stereocenters. The summed E-state index contributed by atoms with van der Waals surface area (Å²) in [5.74, 6) is 1.48. The van der Waals surface area contributed by atoms with E-state index in [-0.39, 0.29) is 35.7 Å². The summed E-state index contributed by atoms with van der Waals surface area (Å²) in [6, 6.07) is 5.50. The van der Waals surface area contributed by atoms with E-state index in [4.69, 9.17) is 26.1 Å². The van der Waals surface area contributed by atoms with Crippen LogP contribution >= 0.6 is 34.3 Å². The molecular weight excluding hydrogens is 868 g/mol. The molecule has 5 aromatic rings. The van der Waals surface area contributed by atoms with Crippen molar-refractivity contribution in [1.29, 1.82) is 0 Å². The van der Waals surface area contributed by atoms with Crippen LogP contribution in [0.3, 0.4) is 0 Å². The molecule has 11 rings (SSSR count). The van der Waals surface area contributed by atoms with Gasteiger partial charge in [0.25, 0.3) is 0 Å². The maximum Gasteiger partial charge on any atom is 0.226 e. The number of morpholine rings is 2. The number of aromatic nitrogens is 4. The van der Waals surface area contributed by atoms with Gasteiger partial charge in [-0.15, -0.1) is 22.7 Å². The normalized spacial score (nSPS) is 23.5. The van der Waals surface area contributed by atoms with Gasteiger partial charge in [0, 0.05) is 60.0 Å². The number of carbonyl (C=O) groups excluding carboxylic acids is 2. The SMILES string of the molecule is C[C@@H]1COCCN1C(=O)[C@H]1CCc2c(sc3ncnc(Cl)c23)C1.C[C@@H]1COCCN1C(=O)[C@H]1CCc2c(sc3ncnc(Nc4cc5c(cc4N4CCC(N(C)C)CC4)CN=C5)c23)C1. The van der Waals surface area contributed by atoms with Crippen LogP contribution < -0.4 is 10.2 Å². The van der Waals surface area contributed by atoms with E-state index < -0.39 is 0 Å². The first-order valence-corrected chi connectivity index (χ1v) is 24.9. The minimum absolute atomic E-state index is 0.0215. The van der Waals surface area contributed by atoms with Crippen LogP contribution in [0.4, 0.5) is 17.2 Å². The number of halogens is 1. The summed E-state index contributed by atoms with van der Waals surface area (Å²) in [6.07, 6.45) is 12.5. The van der Waals surface area contributed by atoms with Crippen molar-refractivity contribution in [3.8, 4) is 0 Å². The molecule has 338 valence electrons. The van der Waals surface area contributed by atoms with Crippen LogP contribution in [-0.4, -0.2) is 137 Å². The fraction of sp³-hybridized carbons (Fsp3) is 0.553. The zero-order valence-corrected chi connectivity index (χ0v) is 39.5. The minimum Gasteiger partial charge on any atom is -0.377 e. The van der Waals surface area contributed by atoms with Gasteiger partial charge in [0.1, 0.15) is 33.3 Å². The molecule has 2 amide bonds. The third-order valence-corrected chi connectivity index (χ3v) is 16.8. The van der Waals surface area contributed by atoms with E-state index in [1.54, 1.807) is 29.0 Å². The quantitative estimate of drug-likeness (QED) is 0.177. The molecule has 0 radical (unpaired) electrons. The molecule has 3 saturated heterocycles. The van der Waals surface area contributed by atoms with E-state index in [0.717, 1.165) is 103 Å². The molecule has 64 heavy (non-hydrogen) atoms. The van der Waals surface area contributed by atoms with Crippen LogP contribution in [0.2, 0.25) is 5.15 Å². The Morgan fingerprint density at radius 3 is 1.98 bits per heavy atom. The van der Waals surface area contributed by atoms with Gasteiger partial charge in [-0.25, -0.2) is 19.9 Å². The molecule has 0 spiro atoms. The van der Waals surface area contributed by atoms with Crippen molar-refractivity contribution in [2.75, 3.05) is 76.9 Å². The highest BCUT2D eigenvalue weighted by atomic mass is 35.5. The second-order valence-electron chi connectivity index (χ2n) is 18.4. The highest BCUT2D eigenvalue weighted by molar-refractivity contribution is 7.19. The van der Waals surface area contributed by atoms with Crippen molar-refractivity contribution < 1.29 is 19.1 Å². The van der Waals surface area contributed by atoms with Crippen molar-refractivity contribution in [3.05, 3.63) is 61.9 Å². The standard InChI is InChI=1S/C31H39N7O2S.C16H18ClN3O2S/c1-19-17-40-11-10-38(19)31(39)20-4-5-24-27(14-20)41-30-28(24)29(33-18-34-30)35-25-12-21-15-32-16-22(21)13-26(25)37-8-6-23(7-9-37)36(2)3;1-9-7-22-5-4-20(9)16(21)10-2-3-11-12(6-10)23-15-13(11)14(17)18-8-19-15/h12-13,15,18-20,23H,4-11,14,16-17H2,1-3H3,(H,33,34,35);8-10H,2-7H2,1H3/t19-,20+;9-,10+/m11/s1. The Labute approximate surface area is 387 Å². The van der Waals surface area contributed by atoms with Gasteiger partial charge >= 0.3 is 0 Å². The van der Waals surface area contributed by atoms with Crippen molar-refractivity contribution >= 4 is 89.9 Å². The van der Waals surface area contributed by atoms with Crippen LogP contribution in [0, 0.1) is 11.8 Å². The molecule has 14 nitrogen and oxygen atoms in total. The summed E-state index contributed by atoms with van der Waals surface area (Å²) in [4.78, 5) is 62.1. The summed E-state index contributed by atoms with van der Waals surface area (Å²) in [7, 11) is 4.37. The Morgan fingerprint density at radius 2 is 1.38 bits per heavy atom. The Hall–Kier alpha value is -4.32. The lowest BCUT2D eigenvalue weighted by atomic mass is 9.86. The van der Waals surface area contributed by atoms with Crippen molar-refractivity contribution in [3.63, 3.8) is 0 Å². The number of nitrogens with one attached hydrogen (secondary N) is 1. The van der Waals surface area contributed by atoms with Gasteiger partial charge in [0.2, 0.25) is 11.8 Å². The number of hydrogen-bond donors (Lipinski definition) is 1. The number of nitrogens with zero attached hydrogens (tertiary/aromatic N) is 9. The van der Waals surface area contributed by atoms with Crippen molar-refractivity contribution in [2.24, 2.45) is 16.8 Å². The lowest BCUT2D eigenvalue weighted by Crippen LogP contribution is -2.50. The van der Waals surface area contributed by atoms with E-state index in [0.29, 0.717) is 50.7 Å². The Morgan fingerprint density at radius 1 is 0.781 bits per heavy atom. The number of hydrogen-bond acceptors (Lipinski definition) is 14. The number of carbonyl (C=O) groups is 2. The smallest absolute Gasteiger partial charge is 0.226 e. The maximum atomic E-state index is 13.5. The average molecular weight is 926 g/mol. The summed E-state index contributed by atoms with van der Waals surface area (Å²) in [5.41, 5.74) is 7.32. The Kier molecular flexibility index (Phi) is 12.6. The van der Waals surface area contributed by atoms with Gasteiger partial charge < -0.3 is 34.4 Å². The van der Waals surface area contributed by atoms with Gasteiger partial charge in [0.15, 0.2) is 0 Å². The lowest BCUT2D eigenvalue weighted by Gasteiger charge is -2.37. The third kappa shape index (κ3) is 8.50. The number of fused-ring (bicyclic) bond motifs is 7. The van der Waals surface area contributed by atoms with Gasteiger partial charge in [-0.3, -0.25) is 14.6 Å². The molecule has 6 aliphatic rings. The van der Waals surface area contributed by atoms with E-state index >= 15 is 0 Å². The fourth-order valence-corrected chi connectivity index (χ4v) is 13.4. The largest absolute Gasteiger partial charge is 0.377 e. The predicted molar refractivity (Wildman–Crippen MR) is 255 cm³/mol. The van der Waals surface area contributed by atoms with E-state index in [9.17, 15) is 9.59 Å². The first-order chi connectivity index (χ1) is 31.1. The van der Waals surface area contributed by atoms with Gasteiger partial charge in [-0.2, -0.15) is 0 Å². The van der Waals surface area contributed by atoms with Crippen molar-refractivity contribution in [2.45, 2.75) is 89.9 Å². The molecule has 0 saturated carbocycles.